The topological polar surface area (TPSA) is 49.6 Å². The summed E-state index contributed by atoms with van der Waals surface area (Å²) in [6.07, 6.45) is 0.958. The predicted molar refractivity (Wildman–Crippen MR) is 108 cm³/mol. The molecule has 2 heterocycles. The van der Waals surface area contributed by atoms with E-state index in [1.165, 1.54) is 11.1 Å². The SMILES string of the molecule is Cl.NC[C@@H]1CN(CC(=O)N2CCc3ccccc32)C[C@H]1c1ccccc1. The van der Waals surface area contributed by atoms with Crippen molar-refractivity contribution >= 4 is 24.0 Å². The number of likely N-dealkylation sites (tertiary alicyclic amines) is 1. The van der Waals surface area contributed by atoms with Crippen LogP contribution in [-0.2, 0) is 11.2 Å². The highest BCUT2D eigenvalue weighted by atomic mass is 35.5. The van der Waals surface area contributed by atoms with Crippen LogP contribution in [0.25, 0.3) is 0 Å². The van der Waals surface area contributed by atoms with Crippen LogP contribution in [0.15, 0.2) is 54.6 Å². The van der Waals surface area contributed by atoms with Gasteiger partial charge in [-0.05, 0) is 36.1 Å². The Morgan fingerprint density at radius 1 is 1.04 bits per heavy atom. The second kappa shape index (κ2) is 8.21. The highest BCUT2D eigenvalue weighted by Gasteiger charge is 2.35. The first-order chi connectivity index (χ1) is 12.3. The zero-order chi connectivity index (χ0) is 17.2. The molecule has 0 aliphatic carbocycles. The van der Waals surface area contributed by atoms with Gasteiger partial charge >= 0.3 is 0 Å². The second-order valence-corrected chi connectivity index (χ2v) is 7.13. The van der Waals surface area contributed by atoms with Gasteiger partial charge in [-0.1, -0.05) is 48.5 Å². The van der Waals surface area contributed by atoms with E-state index in [9.17, 15) is 4.79 Å². The molecule has 2 aromatic rings. The summed E-state index contributed by atoms with van der Waals surface area (Å²) in [6.45, 7) is 3.75. The monoisotopic (exact) mass is 371 g/mol. The molecule has 4 nitrogen and oxygen atoms in total. The lowest BCUT2D eigenvalue weighted by Gasteiger charge is -2.22. The molecule has 0 spiro atoms. The van der Waals surface area contributed by atoms with Gasteiger partial charge < -0.3 is 10.6 Å². The predicted octanol–water partition coefficient (Wildman–Crippen LogP) is 2.67. The Hall–Kier alpha value is -1.88. The van der Waals surface area contributed by atoms with Crippen molar-refractivity contribution in [2.45, 2.75) is 12.3 Å². The van der Waals surface area contributed by atoms with Gasteiger partial charge in [0, 0.05) is 31.2 Å². The van der Waals surface area contributed by atoms with E-state index in [0.717, 1.165) is 31.7 Å². The first-order valence-corrected chi connectivity index (χ1v) is 9.12. The quantitative estimate of drug-likeness (QED) is 0.898. The summed E-state index contributed by atoms with van der Waals surface area (Å²) in [6, 6.07) is 18.8. The van der Waals surface area contributed by atoms with Crippen molar-refractivity contribution in [1.82, 2.24) is 4.90 Å². The third-order valence-corrected chi connectivity index (χ3v) is 5.59. The zero-order valence-electron chi connectivity index (χ0n) is 14.9. The summed E-state index contributed by atoms with van der Waals surface area (Å²) >= 11 is 0. The van der Waals surface area contributed by atoms with E-state index in [1.54, 1.807) is 0 Å². The van der Waals surface area contributed by atoms with Crippen molar-refractivity contribution in [2.24, 2.45) is 11.7 Å². The molecule has 2 aromatic carbocycles. The number of para-hydroxylation sites is 1. The van der Waals surface area contributed by atoms with Crippen LogP contribution in [0.4, 0.5) is 5.69 Å². The minimum Gasteiger partial charge on any atom is -0.330 e. The Labute approximate surface area is 161 Å². The fourth-order valence-electron chi connectivity index (χ4n) is 4.28. The summed E-state index contributed by atoms with van der Waals surface area (Å²) < 4.78 is 0. The number of rotatable bonds is 4. The average Bonchev–Trinajstić information content (AvgIpc) is 3.26. The van der Waals surface area contributed by atoms with Gasteiger partial charge in [-0.3, -0.25) is 9.69 Å². The minimum absolute atomic E-state index is 0. The highest BCUT2D eigenvalue weighted by molar-refractivity contribution is 5.96. The number of amides is 1. The second-order valence-electron chi connectivity index (χ2n) is 7.13. The smallest absolute Gasteiger partial charge is 0.241 e. The van der Waals surface area contributed by atoms with E-state index in [4.69, 9.17) is 5.73 Å². The Morgan fingerprint density at radius 2 is 1.77 bits per heavy atom. The van der Waals surface area contributed by atoms with Gasteiger partial charge in [0.05, 0.1) is 6.54 Å². The van der Waals surface area contributed by atoms with Crippen LogP contribution >= 0.6 is 12.4 Å². The number of hydrogen-bond donors (Lipinski definition) is 1. The molecule has 4 rings (SSSR count). The van der Waals surface area contributed by atoms with Crippen LogP contribution in [-0.4, -0.2) is 43.5 Å². The number of fused-ring (bicyclic) bond motifs is 1. The van der Waals surface area contributed by atoms with E-state index in [-0.39, 0.29) is 18.3 Å². The summed E-state index contributed by atoms with van der Waals surface area (Å²) in [7, 11) is 0. The van der Waals surface area contributed by atoms with E-state index in [1.807, 2.05) is 23.1 Å². The lowest BCUT2D eigenvalue weighted by molar-refractivity contribution is -0.119. The molecule has 2 aliphatic rings. The van der Waals surface area contributed by atoms with Gasteiger partial charge in [-0.15, -0.1) is 12.4 Å². The molecule has 1 fully saturated rings. The van der Waals surface area contributed by atoms with Gasteiger partial charge in [0.15, 0.2) is 0 Å². The van der Waals surface area contributed by atoms with Crippen LogP contribution in [0.2, 0.25) is 0 Å². The maximum Gasteiger partial charge on any atom is 0.241 e. The van der Waals surface area contributed by atoms with Gasteiger partial charge in [0.1, 0.15) is 0 Å². The summed E-state index contributed by atoms with van der Waals surface area (Å²) in [5.74, 6) is 1.04. The molecule has 0 unspecified atom stereocenters. The van der Waals surface area contributed by atoms with Crippen LogP contribution in [0, 0.1) is 5.92 Å². The number of halogens is 1. The molecule has 2 N–H and O–H groups in total. The lowest BCUT2D eigenvalue weighted by Crippen LogP contribution is -2.39. The van der Waals surface area contributed by atoms with Crippen LogP contribution < -0.4 is 10.6 Å². The number of hydrogen-bond acceptors (Lipinski definition) is 3. The number of nitrogens with two attached hydrogens (primary N) is 1. The van der Waals surface area contributed by atoms with Gasteiger partial charge in [-0.25, -0.2) is 0 Å². The molecule has 0 radical (unpaired) electrons. The van der Waals surface area contributed by atoms with Crippen molar-refractivity contribution in [3.05, 3.63) is 65.7 Å². The fourth-order valence-corrected chi connectivity index (χ4v) is 4.28. The van der Waals surface area contributed by atoms with Crippen LogP contribution in [0.5, 0.6) is 0 Å². The molecule has 2 aliphatic heterocycles. The van der Waals surface area contributed by atoms with E-state index in [2.05, 4.69) is 41.3 Å². The summed E-state index contributed by atoms with van der Waals surface area (Å²) in [4.78, 5) is 17.1. The first-order valence-electron chi connectivity index (χ1n) is 9.12. The number of carbonyl (C=O) groups excluding carboxylic acids is 1. The molecular formula is C21H26ClN3O. The largest absolute Gasteiger partial charge is 0.330 e. The first kappa shape index (κ1) is 18.9. The number of nitrogens with zero attached hydrogens (tertiary/aromatic N) is 2. The third kappa shape index (κ3) is 3.63. The van der Waals surface area contributed by atoms with E-state index in [0.29, 0.717) is 24.9 Å². The normalized spacial score (nSPS) is 22.1. The average molecular weight is 372 g/mol. The van der Waals surface area contributed by atoms with E-state index >= 15 is 0 Å². The zero-order valence-corrected chi connectivity index (χ0v) is 15.7. The molecule has 138 valence electrons. The lowest BCUT2D eigenvalue weighted by atomic mass is 9.89. The summed E-state index contributed by atoms with van der Waals surface area (Å²) in [5.41, 5.74) is 9.71. The van der Waals surface area contributed by atoms with Crippen LogP contribution in [0.3, 0.4) is 0 Å². The highest BCUT2D eigenvalue weighted by Crippen LogP contribution is 2.33. The molecule has 2 atom stereocenters. The number of carbonyl (C=O) groups is 1. The molecule has 1 amide bonds. The van der Waals surface area contributed by atoms with Crippen molar-refractivity contribution in [3.8, 4) is 0 Å². The van der Waals surface area contributed by atoms with Crippen molar-refractivity contribution in [3.63, 3.8) is 0 Å². The Balaban J connectivity index is 0.00000196. The molecule has 1 saturated heterocycles. The maximum absolute atomic E-state index is 12.9. The Bertz CT molecular complexity index is 752. The molecule has 5 heteroatoms. The molecular weight excluding hydrogens is 346 g/mol. The molecule has 0 aromatic heterocycles. The van der Waals surface area contributed by atoms with Gasteiger partial charge in [0.25, 0.3) is 0 Å². The minimum atomic E-state index is 0. The summed E-state index contributed by atoms with van der Waals surface area (Å²) in [5, 5.41) is 0. The Morgan fingerprint density at radius 3 is 2.54 bits per heavy atom. The third-order valence-electron chi connectivity index (χ3n) is 5.59. The van der Waals surface area contributed by atoms with E-state index < -0.39 is 0 Å². The standard InChI is InChI=1S/C21H25N3O.ClH/c22-12-18-13-23(14-19(18)16-6-2-1-3-7-16)15-21(25)24-11-10-17-8-4-5-9-20(17)24;/h1-9,18-19H,10-15,22H2;1H/t18-,19+;/m1./s1. The van der Waals surface area contributed by atoms with Crippen molar-refractivity contribution < 1.29 is 4.79 Å². The molecule has 0 saturated carbocycles. The Kier molecular flexibility index (Phi) is 5.97. The fraction of sp³-hybridized carbons (Fsp3) is 0.381. The number of anilines is 1. The van der Waals surface area contributed by atoms with Crippen LogP contribution in [0.1, 0.15) is 17.0 Å². The van der Waals surface area contributed by atoms with Crippen molar-refractivity contribution in [2.75, 3.05) is 37.6 Å². The van der Waals surface area contributed by atoms with Gasteiger partial charge in [-0.2, -0.15) is 0 Å². The molecule has 26 heavy (non-hydrogen) atoms. The number of benzene rings is 2. The van der Waals surface area contributed by atoms with Crippen molar-refractivity contribution in [1.29, 1.82) is 0 Å². The van der Waals surface area contributed by atoms with Gasteiger partial charge in [0.2, 0.25) is 5.91 Å². The molecule has 0 bridgehead atoms. The maximum atomic E-state index is 12.9.